The maximum Gasteiger partial charge on any atom is 0.231 e. The highest BCUT2D eigenvalue weighted by Crippen LogP contribution is 2.33. The Balaban J connectivity index is 1.88. The van der Waals surface area contributed by atoms with E-state index in [-0.39, 0.29) is 6.79 Å². The fourth-order valence-electron chi connectivity index (χ4n) is 1.67. The second-order valence-electron chi connectivity index (χ2n) is 3.58. The lowest BCUT2D eigenvalue weighted by Gasteiger charge is -2.01. The van der Waals surface area contributed by atoms with Gasteiger partial charge in [0.15, 0.2) is 11.5 Å². The molecule has 1 aromatic heterocycles. The summed E-state index contributed by atoms with van der Waals surface area (Å²) in [7, 11) is 0. The van der Waals surface area contributed by atoms with Crippen LogP contribution in [-0.2, 0) is 6.42 Å². The molecule has 1 aliphatic rings. The lowest BCUT2D eigenvalue weighted by Crippen LogP contribution is -1.93. The average Bonchev–Trinajstić information content (AvgIpc) is 2.88. The van der Waals surface area contributed by atoms with Gasteiger partial charge < -0.3 is 19.7 Å². The van der Waals surface area contributed by atoms with Crippen LogP contribution in [0.5, 0.6) is 11.5 Å². The van der Waals surface area contributed by atoms with Gasteiger partial charge in [-0.05, 0) is 17.7 Å². The van der Waals surface area contributed by atoms with Gasteiger partial charge in [0.2, 0.25) is 12.7 Å². The number of anilines is 1. The summed E-state index contributed by atoms with van der Waals surface area (Å²) in [6.45, 7) is 0.286. The molecule has 82 valence electrons. The first-order valence-corrected chi connectivity index (χ1v) is 4.90. The van der Waals surface area contributed by atoms with Crippen molar-refractivity contribution in [2.24, 2.45) is 0 Å². The lowest BCUT2D eigenvalue weighted by molar-refractivity contribution is 0.174. The highest BCUT2D eigenvalue weighted by molar-refractivity contribution is 5.47. The molecule has 0 fully saturated rings. The van der Waals surface area contributed by atoms with E-state index in [4.69, 9.17) is 19.7 Å². The van der Waals surface area contributed by atoms with Crippen molar-refractivity contribution in [1.82, 2.24) is 5.16 Å². The number of nitrogen functional groups attached to an aromatic ring is 1. The number of benzene rings is 1. The molecule has 0 saturated heterocycles. The van der Waals surface area contributed by atoms with E-state index in [9.17, 15) is 0 Å². The van der Waals surface area contributed by atoms with Crippen molar-refractivity contribution < 1.29 is 14.0 Å². The summed E-state index contributed by atoms with van der Waals surface area (Å²) < 4.78 is 15.3. The minimum Gasteiger partial charge on any atom is -0.454 e. The predicted octanol–water partition coefficient (Wildman–Crippen LogP) is 1.58. The van der Waals surface area contributed by atoms with Gasteiger partial charge in [0, 0.05) is 12.0 Å². The van der Waals surface area contributed by atoms with Crippen LogP contribution in [0.15, 0.2) is 28.9 Å². The minimum atomic E-state index is 0.286. The van der Waals surface area contributed by atoms with Gasteiger partial charge in [-0.3, -0.25) is 0 Å². The van der Waals surface area contributed by atoms with Crippen molar-refractivity contribution in [3.63, 3.8) is 0 Å². The van der Waals surface area contributed by atoms with Crippen LogP contribution in [0.4, 0.5) is 5.88 Å². The molecule has 2 N–H and O–H groups in total. The zero-order valence-corrected chi connectivity index (χ0v) is 8.47. The topological polar surface area (TPSA) is 70.5 Å². The number of aromatic nitrogens is 1. The minimum absolute atomic E-state index is 0.286. The molecule has 0 saturated carbocycles. The van der Waals surface area contributed by atoms with Crippen LogP contribution in [0.25, 0.3) is 0 Å². The van der Waals surface area contributed by atoms with Gasteiger partial charge in [0.1, 0.15) is 0 Å². The number of nitrogens with zero attached hydrogens (tertiary/aromatic N) is 1. The zero-order valence-electron chi connectivity index (χ0n) is 8.47. The summed E-state index contributed by atoms with van der Waals surface area (Å²) >= 11 is 0. The molecule has 0 amide bonds. The summed E-state index contributed by atoms with van der Waals surface area (Å²) in [5.41, 5.74) is 7.57. The first kappa shape index (κ1) is 9.08. The number of hydrogen-bond donors (Lipinski definition) is 1. The predicted molar refractivity (Wildman–Crippen MR) is 56.3 cm³/mol. The molecule has 1 aromatic carbocycles. The monoisotopic (exact) mass is 218 g/mol. The van der Waals surface area contributed by atoms with Crippen LogP contribution in [0.2, 0.25) is 0 Å². The first-order valence-electron chi connectivity index (χ1n) is 4.90. The van der Waals surface area contributed by atoms with Crippen LogP contribution in [0.3, 0.4) is 0 Å². The Kier molecular flexibility index (Phi) is 1.96. The number of rotatable bonds is 2. The molecule has 2 aromatic rings. The summed E-state index contributed by atoms with van der Waals surface area (Å²) in [5.74, 6) is 1.91. The lowest BCUT2D eigenvalue weighted by atomic mass is 10.1. The van der Waals surface area contributed by atoms with E-state index < -0.39 is 0 Å². The van der Waals surface area contributed by atoms with Gasteiger partial charge in [-0.2, -0.15) is 0 Å². The average molecular weight is 218 g/mol. The molecule has 0 atom stereocenters. The highest BCUT2D eigenvalue weighted by Gasteiger charge is 2.14. The third-order valence-corrected chi connectivity index (χ3v) is 2.51. The van der Waals surface area contributed by atoms with Gasteiger partial charge in [-0.25, -0.2) is 0 Å². The Bertz CT molecular complexity index is 522. The molecule has 5 heteroatoms. The van der Waals surface area contributed by atoms with Crippen LogP contribution >= 0.6 is 0 Å². The molecular weight excluding hydrogens is 208 g/mol. The molecule has 0 unspecified atom stereocenters. The number of fused-ring (bicyclic) bond motifs is 1. The fraction of sp³-hybridized carbons (Fsp3) is 0.182. The molecule has 3 rings (SSSR count). The van der Waals surface area contributed by atoms with Gasteiger partial charge in [-0.15, -0.1) is 0 Å². The zero-order chi connectivity index (χ0) is 11.0. The molecule has 0 radical (unpaired) electrons. The second kappa shape index (κ2) is 3.44. The molecule has 0 aliphatic carbocycles. The molecule has 0 spiro atoms. The summed E-state index contributed by atoms with van der Waals surface area (Å²) in [6.07, 6.45) is 2.30. The number of nitrogens with two attached hydrogens (primary N) is 1. The van der Waals surface area contributed by atoms with E-state index in [1.807, 2.05) is 18.2 Å². The van der Waals surface area contributed by atoms with Crippen molar-refractivity contribution in [2.75, 3.05) is 12.5 Å². The van der Waals surface area contributed by atoms with E-state index >= 15 is 0 Å². The SMILES string of the molecule is Nc1oncc1Cc1ccc2c(c1)OCO2. The first-order chi connectivity index (χ1) is 7.83. The Hall–Kier alpha value is -2.17. The highest BCUT2D eigenvalue weighted by atomic mass is 16.7. The fourth-order valence-corrected chi connectivity index (χ4v) is 1.67. The van der Waals surface area contributed by atoms with Crippen molar-refractivity contribution in [3.05, 3.63) is 35.5 Å². The number of ether oxygens (including phenoxy) is 2. The van der Waals surface area contributed by atoms with Crippen LogP contribution < -0.4 is 15.2 Å². The van der Waals surface area contributed by atoms with Gasteiger partial charge >= 0.3 is 0 Å². The molecule has 16 heavy (non-hydrogen) atoms. The largest absolute Gasteiger partial charge is 0.454 e. The normalized spacial score (nSPS) is 13.0. The number of hydrogen-bond acceptors (Lipinski definition) is 5. The third kappa shape index (κ3) is 1.46. The van der Waals surface area contributed by atoms with Crippen molar-refractivity contribution in [2.45, 2.75) is 6.42 Å². The van der Waals surface area contributed by atoms with Crippen molar-refractivity contribution in [1.29, 1.82) is 0 Å². The standard InChI is InChI=1S/C11H10N2O3/c12-11-8(5-13-16-11)3-7-1-2-9-10(4-7)15-6-14-9/h1-2,4-5H,3,6,12H2. The van der Waals surface area contributed by atoms with E-state index in [0.717, 1.165) is 22.6 Å². The van der Waals surface area contributed by atoms with Crippen LogP contribution in [0.1, 0.15) is 11.1 Å². The Morgan fingerprint density at radius 2 is 2.12 bits per heavy atom. The summed E-state index contributed by atoms with van der Waals surface area (Å²) in [6, 6.07) is 5.80. The smallest absolute Gasteiger partial charge is 0.231 e. The Morgan fingerprint density at radius 1 is 1.25 bits per heavy atom. The molecule has 2 heterocycles. The van der Waals surface area contributed by atoms with Crippen molar-refractivity contribution in [3.8, 4) is 11.5 Å². The summed E-state index contributed by atoms with van der Waals surface area (Å²) in [5, 5.41) is 3.63. The van der Waals surface area contributed by atoms with Crippen LogP contribution in [0, 0.1) is 0 Å². The third-order valence-electron chi connectivity index (χ3n) is 2.51. The molecule has 5 nitrogen and oxygen atoms in total. The Morgan fingerprint density at radius 3 is 2.94 bits per heavy atom. The van der Waals surface area contributed by atoms with Gasteiger partial charge in [0.05, 0.1) is 6.20 Å². The molecular formula is C11H10N2O3. The summed E-state index contributed by atoms with van der Waals surface area (Å²) in [4.78, 5) is 0. The van der Waals surface area contributed by atoms with Crippen LogP contribution in [-0.4, -0.2) is 11.9 Å². The second-order valence-corrected chi connectivity index (χ2v) is 3.58. The molecule has 0 bridgehead atoms. The van der Waals surface area contributed by atoms with Gasteiger partial charge in [0.25, 0.3) is 0 Å². The van der Waals surface area contributed by atoms with E-state index in [2.05, 4.69) is 5.16 Å². The Labute approximate surface area is 91.7 Å². The maximum atomic E-state index is 5.62. The van der Waals surface area contributed by atoms with E-state index in [1.54, 1.807) is 6.20 Å². The van der Waals surface area contributed by atoms with Gasteiger partial charge in [-0.1, -0.05) is 11.2 Å². The molecule has 1 aliphatic heterocycles. The maximum absolute atomic E-state index is 5.62. The van der Waals surface area contributed by atoms with Crippen molar-refractivity contribution >= 4 is 5.88 Å². The van der Waals surface area contributed by atoms with E-state index in [1.165, 1.54) is 0 Å². The quantitative estimate of drug-likeness (QED) is 0.828. The van der Waals surface area contributed by atoms with E-state index in [0.29, 0.717) is 12.3 Å².